The van der Waals surface area contributed by atoms with Crippen LogP contribution in [0.3, 0.4) is 0 Å². The van der Waals surface area contributed by atoms with Crippen LogP contribution < -0.4 is 10.6 Å². The Balaban J connectivity index is 0.00000264. The molecule has 0 radical (unpaired) electrons. The number of amides is 2. The Morgan fingerprint density at radius 2 is 1.86 bits per heavy atom. The molecular weight excluding hydrogens is 306 g/mol. The zero-order chi connectivity index (χ0) is 16.1. The molecule has 2 N–H and O–H groups in total. The van der Waals surface area contributed by atoms with Crippen molar-refractivity contribution in [3.05, 3.63) is 40.9 Å². The number of hydrogen-bond acceptors (Lipinski definition) is 6. The minimum atomic E-state index is -0.502. The molecule has 0 aliphatic carbocycles. The molecule has 0 bridgehead atoms. The summed E-state index contributed by atoms with van der Waals surface area (Å²) < 4.78 is 4.57. The standard InChI is InChI=1S/C14H13N3O4S.2H2/c1-8(18)16-10-5-3-9(4-6-10)12(19)17-14-15-7-11(22-14)13(20)21-2;;/h3-7H,1-2H3,(H,16,18)(H,15,17,19);2*1H. The number of anilines is 2. The van der Waals surface area contributed by atoms with Crippen molar-refractivity contribution < 1.29 is 22.0 Å². The molecule has 8 heteroatoms. The maximum Gasteiger partial charge on any atom is 0.349 e. The third kappa shape index (κ3) is 3.89. The topological polar surface area (TPSA) is 97.4 Å². The minimum absolute atomic E-state index is 0. The summed E-state index contributed by atoms with van der Waals surface area (Å²) in [5.41, 5.74) is 1.01. The number of benzene rings is 1. The van der Waals surface area contributed by atoms with Crippen LogP contribution in [0.1, 0.15) is 29.8 Å². The highest BCUT2D eigenvalue weighted by Gasteiger charge is 2.13. The van der Waals surface area contributed by atoms with Gasteiger partial charge in [0.2, 0.25) is 5.91 Å². The number of ether oxygens (including phenoxy) is 1. The molecule has 0 atom stereocenters. The summed E-state index contributed by atoms with van der Waals surface area (Å²) in [4.78, 5) is 38.5. The van der Waals surface area contributed by atoms with Crippen LogP contribution in [0.2, 0.25) is 0 Å². The van der Waals surface area contributed by atoms with E-state index in [0.717, 1.165) is 11.3 Å². The van der Waals surface area contributed by atoms with Gasteiger partial charge in [0, 0.05) is 21.0 Å². The van der Waals surface area contributed by atoms with Gasteiger partial charge in [-0.3, -0.25) is 14.9 Å². The van der Waals surface area contributed by atoms with Crippen molar-refractivity contribution in [1.29, 1.82) is 0 Å². The second kappa shape index (κ2) is 6.81. The summed E-state index contributed by atoms with van der Waals surface area (Å²) >= 11 is 1.03. The fraction of sp³-hybridized carbons (Fsp3) is 0.143. The van der Waals surface area contributed by atoms with Crippen molar-refractivity contribution in [1.82, 2.24) is 4.98 Å². The van der Waals surface area contributed by atoms with E-state index >= 15 is 0 Å². The normalized spacial score (nSPS) is 9.91. The first-order valence-corrected chi connectivity index (χ1v) is 7.04. The zero-order valence-electron chi connectivity index (χ0n) is 11.9. The van der Waals surface area contributed by atoms with E-state index in [0.29, 0.717) is 21.3 Å². The van der Waals surface area contributed by atoms with Crippen LogP contribution in [0.15, 0.2) is 30.5 Å². The number of methoxy groups -OCH3 is 1. The summed E-state index contributed by atoms with van der Waals surface area (Å²) in [5, 5.41) is 5.50. The Labute approximate surface area is 133 Å². The lowest BCUT2D eigenvalue weighted by atomic mass is 10.2. The molecule has 1 aromatic heterocycles. The smallest absolute Gasteiger partial charge is 0.349 e. The molecule has 0 aliphatic heterocycles. The quantitative estimate of drug-likeness (QED) is 0.843. The lowest BCUT2D eigenvalue weighted by molar-refractivity contribution is -0.114. The van der Waals surface area contributed by atoms with E-state index in [1.807, 2.05) is 0 Å². The molecule has 1 aromatic carbocycles. The monoisotopic (exact) mass is 323 g/mol. The fourth-order valence-corrected chi connectivity index (χ4v) is 2.33. The Bertz CT molecular complexity index is 719. The van der Waals surface area contributed by atoms with Crippen LogP contribution in [0.25, 0.3) is 0 Å². The maximum atomic E-state index is 12.0. The van der Waals surface area contributed by atoms with E-state index in [2.05, 4.69) is 20.4 Å². The number of carbonyl (C=O) groups is 3. The molecule has 0 fully saturated rings. The fourth-order valence-electron chi connectivity index (χ4n) is 1.60. The van der Waals surface area contributed by atoms with Gasteiger partial charge >= 0.3 is 5.97 Å². The average molecular weight is 323 g/mol. The van der Waals surface area contributed by atoms with Crippen molar-refractivity contribution in [3.63, 3.8) is 0 Å². The molecule has 2 amide bonds. The number of carbonyl (C=O) groups excluding carboxylic acids is 3. The molecule has 2 aromatic rings. The van der Waals surface area contributed by atoms with Crippen molar-refractivity contribution >= 4 is 39.9 Å². The maximum absolute atomic E-state index is 12.0. The van der Waals surface area contributed by atoms with Crippen LogP contribution in [-0.2, 0) is 9.53 Å². The summed E-state index contributed by atoms with van der Waals surface area (Å²) in [6.07, 6.45) is 1.34. The van der Waals surface area contributed by atoms with E-state index in [4.69, 9.17) is 0 Å². The van der Waals surface area contributed by atoms with Crippen LogP contribution >= 0.6 is 11.3 Å². The van der Waals surface area contributed by atoms with Gasteiger partial charge < -0.3 is 10.1 Å². The number of hydrogen-bond donors (Lipinski definition) is 2. The zero-order valence-corrected chi connectivity index (χ0v) is 12.7. The molecule has 1 heterocycles. The molecule has 0 aliphatic rings. The van der Waals surface area contributed by atoms with E-state index in [1.54, 1.807) is 24.3 Å². The number of thiazole rings is 1. The van der Waals surface area contributed by atoms with E-state index in [-0.39, 0.29) is 14.7 Å². The highest BCUT2D eigenvalue weighted by Crippen LogP contribution is 2.20. The predicted octanol–water partition coefficient (Wildman–Crippen LogP) is 2.63. The first kappa shape index (κ1) is 15.6. The largest absolute Gasteiger partial charge is 0.465 e. The second-order valence-corrected chi connectivity index (χ2v) is 5.26. The highest BCUT2D eigenvalue weighted by molar-refractivity contribution is 7.17. The van der Waals surface area contributed by atoms with E-state index < -0.39 is 5.97 Å². The van der Waals surface area contributed by atoms with Gasteiger partial charge in [-0.1, -0.05) is 11.3 Å². The first-order chi connectivity index (χ1) is 10.5. The molecule has 0 saturated heterocycles. The van der Waals surface area contributed by atoms with Crippen molar-refractivity contribution in [2.45, 2.75) is 6.92 Å². The lowest BCUT2D eigenvalue weighted by Gasteiger charge is -2.04. The Kier molecular flexibility index (Phi) is 4.84. The number of esters is 1. The Morgan fingerprint density at radius 1 is 1.18 bits per heavy atom. The van der Waals surface area contributed by atoms with Gasteiger partial charge in [0.1, 0.15) is 4.88 Å². The highest BCUT2D eigenvalue weighted by atomic mass is 32.1. The lowest BCUT2D eigenvalue weighted by Crippen LogP contribution is -2.12. The summed E-state index contributed by atoms with van der Waals surface area (Å²) in [7, 11) is 1.27. The molecule has 0 saturated carbocycles. The van der Waals surface area contributed by atoms with Gasteiger partial charge in [-0.25, -0.2) is 9.78 Å². The predicted molar refractivity (Wildman–Crippen MR) is 86.4 cm³/mol. The summed E-state index contributed by atoms with van der Waals surface area (Å²) in [5.74, 6) is -1.05. The van der Waals surface area contributed by atoms with Gasteiger partial charge in [0.15, 0.2) is 5.13 Å². The van der Waals surface area contributed by atoms with Gasteiger partial charge in [-0.05, 0) is 24.3 Å². The molecule has 7 nitrogen and oxygen atoms in total. The second-order valence-electron chi connectivity index (χ2n) is 4.23. The number of rotatable bonds is 4. The van der Waals surface area contributed by atoms with Gasteiger partial charge in [0.05, 0.1) is 13.3 Å². The van der Waals surface area contributed by atoms with Crippen molar-refractivity contribution in [2.75, 3.05) is 17.7 Å². The third-order valence-electron chi connectivity index (χ3n) is 2.58. The first-order valence-electron chi connectivity index (χ1n) is 6.22. The molecule has 22 heavy (non-hydrogen) atoms. The molecule has 118 valence electrons. The summed E-state index contributed by atoms with van der Waals surface area (Å²) in [6.45, 7) is 1.40. The van der Waals surface area contributed by atoms with E-state index in [1.165, 1.54) is 20.2 Å². The van der Waals surface area contributed by atoms with Gasteiger partial charge in [-0.2, -0.15) is 0 Å². The van der Waals surface area contributed by atoms with Crippen molar-refractivity contribution in [3.8, 4) is 0 Å². The molecule has 2 rings (SSSR count). The Hall–Kier alpha value is -2.74. The van der Waals surface area contributed by atoms with Crippen LogP contribution in [0.5, 0.6) is 0 Å². The third-order valence-corrected chi connectivity index (χ3v) is 3.47. The molecule has 0 spiro atoms. The van der Waals surface area contributed by atoms with Gasteiger partial charge in [-0.15, -0.1) is 0 Å². The Morgan fingerprint density at radius 3 is 2.45 bits per heavy atom. The minimum Gasteiger partial charge on any atom is -0.465 e. The number of aromatic nitrogens is 1. The van der Waals surface area contributed by atoms with E-state index in [9.17, 15) is 14.4 Å². The number of nitrogens with one attached hydrogen (secondary N) is 2. The van der Waals surface area contributed by atoms with Gasteiger partial charge in [0.25, 0.3) is 5.91 Å². The molecular formula is C14H17N3O4S. The average Bonchev–Trinajstić information content (AvgIpc) is 2.95. The van der Waals surface area contributed by atoms with Crippen LogP contribution in [-0.4, -0.2) is 29.9 Å². The van der Waals surface area contributed by atoms with Crippen molar-refractivity contribution in [2.24, 2.45) is 0 Å². The molecule has 0 unspecified atom stereocenters. The number of nitrogens with zero attached hydrogens (tertiary/aromatic N) is 1. The summed E-state index contributed by atoms with van der Waals surface area (Å²) in [6, 6.07) is 6.40. The van der Waals surface area contributed by atoms with Crippen LogP contribution in [0, 0.1) is 0 Å². The SMILES string of the molecule is COC(=O)c1cnc(NC(=O)c2ccc(NC(C)=O)cc2)s1.[HH].[HH]. The van der Waals surface area contributed by atoms with Crippen LogP contribution in [0.4, 0.5) is 10.8 Å².